The number of carbonyl (C=O) groups is 2. The summed E-state index contributed by atoms with van der Waals surface area (Å²) in [6, 6.07) is 13.3. The predicted molar refractivity (Wildman–Crippen MR) is 95.0 cm³/mol. The lowest BCUT2D eigenvalue weighted by atomic mass is 9.79. The second kappa shape index (κ2) is 6.23. The van der Waals surface area contributed by atoms with E-state index in [4.69, 9.17) is 4.74 Å². The van der Waals surface area contributed by atoms with Gasteiger partial charge < -0.3 is 4.74 Å². The molecule has 1 aliphatic rings. The van der Waals surface area contributed by atoms with Crippen molar-refractivity contribution in [3.05, 3.63) is 59.2 Å². The smallest absolute Gasteiger partial charge is 0.339 e. The van der Waals surface area contributed by atoms with Crippen molar-refractivity contribution < 1.29 is 14.3 Å². The van der Waals surface area contributed by atoms with Crippen LogP contribution in [0.4, 0.5) is 0 Å². The van der Waals surface area contributed by atoms with Crippen molar-refractivity contribution in [3.63, 3.8) is 0 Å². The molecule has 0 aromatic heterocycles. The average molecular weight is 322 g/mol. The monoisotopic (exact) mass is 322 g/mol. The van der Waals surface area contributed by atoms with Crippen molar-refractivity contribution in [2.75, 3.05) is 0 Å². The number of allylic oxidation sites excluding steroid dienone is 1. The van der Waals surface area contributed by atoms with E-state index in [0.29, 0.717) is 18.4 Å². The molecule has 3 heteroatoms. The Labute approximate surface area is 142 Å². The van der Waals surface area contributed by atoms with Crippen LogP contribution in [0.3, 0.4) is 0 Å². The summed E-state index contributed by atoms with van der Waals surface area (Å²) >= 11 is 0. The van der Waals surface area contributed by atoms with Crippen molar-refractivity contribution in [1.82, 2.24) is 0 Å². The first-order valence-corrected chi connectivity index (χ1v) is 8.30. The Morgan fingerprint density at radius 3 is 2.38 bits per heavy atom. The maximum absolute atomic E-state index is 12.7. The molecular weight excluding hydrogens is 300 g/mol. The topological polar surface area (TPSA) is 43.4 Å². The molecule has 0 N–H and O–H groups in total. The van der Waals surface area contributed by atoms with E-state index < -0.39 is 11.6 Å². The van der Waals surface area contributed by atoms with E-state index in [-0.39, 0.29) is 5.78 Å². The molecule has 0 fully saturated rings. The minimum atomic E-state index is -1.02. The number of esters is 1. The Hall–Kier alpha value is -2.42. The second-order valence-electron chi connectivity index (χ2n) is 6.74. The molecule has 0 heterocycles. The zero-order valence-corrected chi connectivity index (χ0v) is 14.4. The fourth-order valence-electron chi connectivity index (χ4n) is 3.28. The Morgan fingerprint density at radius 1 is 1.00 bits per heavy atom. The molecule has 0 amide bonds. The van der Waals surface area contributed by atoms with Gasteiger partial charge in [-0.3, -0.25) is 4.79 Å². The predicted octanol–water partition coefficient (Wildman–Crippen LogP) is 4.84. The zero-order valence-electron chi connectivity index (χ0n) is 14.4. The Balaban J connectivity index is 1.89. The molecule has 24 heavy (non-hydrogen) atoms. The van der Waals surface area contributed by atoms with Crippen molar-refractivity contribution in [3.8, 4) is 0 Å². The zero-order chi connectivity index (χ0) is 17.3. The van der Waals surface area contributed by atoms with Crippen LogP contribution < -0.4 is 0 Å². The summed E-state index contributed by atoms with van der Waals surface area (Å²) in [7, 11) is 0. The number of benzene rings is 2. The number of Topliss-reactive ketones (excluding diaryl/α,β-unsaturated/α-hetero) is 1. The van der Waals surface area contributed by atoms with Gasteiger partial charge >= 0.3 is 5.97 Å². The van der Waals surface area contributed by atoms with Gasteiger partial charge in [0.2, 0.25) is 0 Å². The summed E-state index contributed by atoms with van der Waals surface area (Å²) in [5.74, 6) is -0.508. The molecule has 0 radical (unpaired) electrons. The van der Waals surface area contributed by atoms with E-state index in [9.17, 15) is 9.59 Å². The number of hydrogen-bond donors (Lipinski definition) is 0. The van der Waals surface area contributed by atoms with Gasteiger partial charge in [0.05, 0.1) is 5.56 Å². The molecule has 1 unspecified atom stereocenters. The first kappa shape index (κ1) is 16.4. The van der Waals surface area contributed by atoms with Crippen LogP contribution in [-0.2, 0) is 9.53 Å². The van der Waals surface area contributed by atoms with E-state index in [1.807, 2.05) is 43.3 Å². The molecule has 2 aromatic rings. The Bertz CT molecular complexity index is 847. The maximum Gasteiger partial charge on any atom is 0.339 e. The van der Waals surface area contributed by atoms with Crippen LogP contribution in [0.25, 0.3) is 10.8 Å². The number of ether oxygens (including phenoxy) is 1. The molecule has 124 valence electrons. The van der Waals surface area contributed by atoms with Crippen LogP contribution in [0, 0.1) is 0 Å². The quantitative estimate of drug-likeness (QED) is 0.599. The van der Waals surface area contributed by atoms with Gasteiger partial charge in [-0.15, -0.1) is 0 Å². The fourth-order valence-corrected chi connectivity index (χ4v) is 3.28. The van der Waals surface area contributed by atoms with Crippen LogP contribution in [0.2, 0.25) is 0 Å². The van der Waals surface area contributed by atoms with Gasteiger partial charge in [0.1, 0.15) is 0 Å². The van der Waals surface area contributed by atoms with E-state index >= 15 is 0 Å². The SMILES string of the molecule is CC(=O)C1(OC(=O)c2ccc3ccccc3c2)CCC(C)=C(C)C1. The number of carbonyl (C=O) groups excluding carboxylic acids is 2. The lowest BCUT2D eigenvalue weighted by Gasteiger charge is -2.35. The first-order valence-electron chi connectivity index (χ1n) is 8.30. The average Bonchev–Trinajstić information content (AvgIpc) is 2.57. The number of rotatable bonds is 3. The second-order valence-corrected chi connectivity index (χ2v) is 6.74. The number of hydrogen-bond acceptors (Lipinski definition) is 3. The molecule has 0 saturated heterocycles. The molecule has 0 aliphatic heterocycles. The summed E-state index contributed by atoms with van der Waals surface area (Å²) in [6.07, 6.45) is 1.84. The Morgan fingerprint density at radius 2 is 1.71 bits per heavy atom. The van der Waals surface area contributed by atoms with E-state index in [1.54, 1.807) is 6.07 Å². The van der Waals surface area contributed by atoms with Gasteiger partial charge in [0.15, 0.2) is 11.4 Å². The van der Waals surface area contributed by atoms with E-state index in [0.717, 1.165) is 22.8 Å². The summed E-state index contributed by atoms with van der Waals surface area (Å²) < 4.78 is 5.77. The molecule has 0 spiro atoms. The van der Waals surface area contributed by atoms with Crippen LogP contribution in [-0.4, -0.2) is 17.4 Å². The molecule has 0 bridgehead atoms. The largest absolute Gasteiger partial charge is 0.447 e. The fraction of sp³-hybridized carbons (Fsp3) is 0.333. The van der Waals surface area contributed by atoms with Gasteiger partial charge in [-0.1, -0.05) is 41.5 Å². The van der Waals surface area contributed by atoms with Gasteiger partial charge in [-0.2, -0.15) is 0 Å². The molecule has 1 aliphatic carbocycles. The number of fused-ring (bicyclic) bond motifs is 1. The summed E-state index contributed by atoms with van der Waals surface area (Å²) in [5, 5.41) is 2.06. The third-order valence-electron chi connectivity index (χ3n) is 5.10. The normalized spacial score (nSPS) is 21.0. The number of ketones is 1. The van der Waals surface area contributed by atoms with Crippen LogP contribution >= 0.6 is 0 Å². The van der Waals surface area contributed by atoms with Gasteiger partial charge in [-0.05, 0) is 56.5 Å². The molecule has 3 nitrogen and oxygen atoms in total. The van der Waals surface area contributed by atoms with Crippen LogP contribution in [0.15, 0.2) is 53.6 Å². The highest BCUT2D eigenvalue weighted by Crippen LogP contribution is 2.36. The van der Waals surface area contributed by atoms with Crippen LogP contribution in [0.1, 0.15) is 50.4 Å². The van der Waals surface area contributed by atoms with E-state index in [1.165, 1.54) is 12.5 Å². The highest BCUT2D eigenvalue weighted by Gasteiger charge is 2.42. The lowest BCUT2D eigenvalue weighted by molar-refractivity contribution is -0.137. The molecule has 3 rings (SSSR count). The van der Waals surface area contributed by atoms with Gasteiger partial charge in [0, 0.05) is 6.42 Å². The van der Waals surface area contributed by atoms with Crippen molar-refractivity contribution in [2.24, 2.45) is 0 Å². The minimum Gasteiger partial charge on any atom is -0.447 e. The maximum atomic E-state index is 12.7. The summed E-state index contributed by atoms with van der Waals surface area (Å²) in [4.78, 5) is 24.9. The summed E-state index contributed by atoms with van der Waals surface area (Å²) in [6.45, 7) is 5.60. The molecular formula is C21H22O3. The van der Waals surface area contributed by atoms with E-state index in [2.05, 4.69) is 6.92 Å². The van der Waals surface area contributed by atoms with Crippen molar-refractivity contribution in [2.45, 2.75) is 45.6 Å². The van der Waals surface area contributed by atoms with Crippen molar-refractivity contribution >= 4 is 22.5 Å². The summed E-state index contributed by atoms with van der Waals surface area (Å²) in [5.41, 5.74) is 1.89. The third-order valence-corrected chi connectivity index (χ3v) is 5.10. The Kier molecular flexibility index (Phi) is 4.27. The highest BCUT2D eigenvalue weighted by atomic mass is 16.6. The lowest BCUT2D eigenvalue weighted by Crippen LogP contribution is -2.44. The van der Waals surface area contributed by atoms with Crippen molar-refractivity contribution in [1.29, 1.82) is 0 Å². The third kappa shape index (κ3) is 2.99. The molecule has 2 aromatic carbocycles. The first-order chi connectivity index (χ1) is 11.4. The van der Waals surface area contributed by atoms with Crippen LogP contribution in [0.5, 0.6) is 0 Å². The van der Waals surface area contributed by atoms with Gasteiger partial charge in [-0.25, -0.2) is 4.79 Å². The minimum absolute atomic E-state index is 0.0801. The molecule has 0 saturated carbocycles. The van der Waals surface area contributed by atoms with Gasteiger partial charge in [0.25, 0.3) is 0 Å². The standard InChI is InChI=1S/C21H22O3/c1-14-10-11-21(16(3)22,13-15(14)2)24-20(23)19-9-8-17-6-4-5-7-18(17)12-19/h4-9,12H,10-11,13H2,1-3H3. The molecule has 1 atom stereocenters. The highest BCUT2D eigenvalue weighted by molar-refractivity contribution is 5.97.